The Hall–Kier alpha value is -2.71. The smallest absolute Gasteiger partial charge is 0.262 e. The van der Waals surface area contributed by atoms with Gasteiger partial charge in [0.05, 0.1) is 21.8 Å². The molecule has 9 heteroatoms. The maximum absolute atomic E-state index is 13.2. The maximum atomic E-state index is 13.2. The van der Waals surface area contributed by atoms with Crippen molar-refractivity contribution in [3.05, 3.63) is 69.7 Å². The third kappa shape index (κ3) is 4.11. The first-order valence-electron chi connectivity index (χ1n) is 9.64. The van der Waals surface area contributed by atoms with Crippen LogP contribution in [0.15, 0.2) is 58.5 Å². The predicted octanol–water partition coefficient (Wildman–Crippen LogP) is 4.53. The molecule has 0 bridgehead atoms. The molecule has 0 saturated heterocycles. The third-order valence-corrected chi connectivity index (χ3v) is 5.89. The predicted molar refractivity (Wildman–Crippen MR) is 119 cm³/mol. The summed E-state index contributed by atoms with van der Waals surface area (Å²) in [6.45, 7) is 6.71. The highest BCUT2D eigenvalue weighted by Crippen LogP contribution is 2.33. The van der Waals surface area contributed by atoms with Gasteiger partial charge < -0.3 is 0 Å². The molecule has 4 aromatic rings. The van der Waals surface area contributed by atoms with E-state index in [0.717, 1.165) is 5.69 Å². The minimum atomic E-state index is -0.129. The van der Waals surface area contributed by atoms with Crippen LogP contribution in [0.2, 0.25) is 5.02 Å². The summed E-state index contributed by atoms with van der Waals surface area (Å²) < 4.78 is 3.44. The molecule has 4 rings (SSSR count). The van der Waals surface area contributed by atoms with E-state index in [1.54, 1.807) is 27.4 Å². The Morgan fingerprint density at radius 1 is 1.10 bits per heavy atom. The molecular formula is C21H21ClN6OS. The van der Waals surface area contributed by atoms with Crippen molar-refractivity contribution in [2.24, 2.45) is 5.92 Å². The van der Waals surface area contributed by atoms with E-state index in [-0.39, 0.29) is 16.7 Å². The molecule has 2 aromatic carbocycles. The molecule has 2 aromatic heterocycles. The Bertz CT molecular complexity index is 1240. The zero-order valence-electron chi connectivity index (χ0n) is 16.9. The monoisotopic (exact) mass is 440 g/mol. The Balaban J connectivity index is 1.76. The summed E-state index contributed by atoms with van der Waals surface area (Å²) in [4.78, 5) is 18.0. The lowest BCUT2D eigenvalue weighted by Crippen LogP contribution is -2.25. The minimum absolute atomic E-state index is 0.0893. The average molecular weight is 441 g/mol. The molecule has 154 valence electrons. The molecule has 0 N–H and O–H groups in total. The van der Waals surface area contributed by atoms with Gasteiger partial charge in [-0.05, 0) is 53.6 Å². The van der Waals surface area contributed by atoms with Crippen LogP contribution in [0.1, 0.15) is 31.8 Å². The van der Waals surface area contributed by atoms with Crippen LogP contribution in [-0.2, 0) is 6.54 Å². The lowest BCUT2D eigenvalue weighted by Gasteiger charge is -2.17. The summed E-state index contributed by atoms with van der Waals surface area (Å²) in [6, 6.07) is 14.9. The molecule has 0 fully saturated rings. The number of halogens is 1. The van der Waals surface area contributed by atoms with Crippen molar-refractivity contribution >= 4 is 34.3 Å². The van der Waals surface area contributed by atoms with Crippen LogP contribution >= 0.6 is 23.4 Å². The van der Waals surface area contributed by atoms with Gasteiger partial charge in [-0.15, -0.1) is 5.10 Å². The second kappa shape index (κ2) is 8.57. The summed E-state index contributed by atoms with van der Waals surface area (Å²) in [6.07, 6.45) is 0. The minimum Gasteiger partial charge on any atom is -0.287 e. The maximum Gasteiger partial charge on any atom is 0.262 e. The van der Waals surface area contributed by atoms with Crippen molar-refractivity contribution in [2.75, 3.05) is 0 Å². The van der Waals surface area contributed by atoms with Crippen LogP contribution in [0.5, 0.6) is 0 Å². The van der Waals surface area contributed by atoms with E-state index in [1.807, 2.05) is 37.3 Å². The standard InChI is InChI=1S/C21H21ClN6OS/c1-13(2)12-27-20(29)17-11-15(22)9-10-18(17)23-21(27)30-14(3)19-24-25-26-28(19)16-7-5-4-6-8-16/h4-11,13-14H,12H2,1-3H3. The van der Waals surface area contributed by atoms with Gasteiger partial charge in [-0.1, -0.05) is 55.4 Å². The van der Waals surface area contributed by atoms with Gasteiger partial charge in [0.2, 0.25) is 0 Å². The first kappa shape index (κ1) is 20.6. The lowest BCUT2D eigenvalue weighted by molar-refractivity contribution is 0.474. The number of tetrazole rings is 1. The number of rotatable bonds is 6. The Morgan fingerprint density at radius 3 is 2.60 bits per heavy atom. The fraction of sp³-hybridized carbons (Fsp3) is 0.286. The number of para-hydroxylation sites is 1. The fourth-order valence-corrected chi connectivity index (χ4v) is 4.38. The van der Waals surface area contributed by atoms with Gasteiger partial charge in [0.25, 0.3) is 5.56 Å². The van der Waals surface area contributed by atoms with Gasteiger partial charge in [0.1, 0.15) is 0 Å². The number of benzene rings is 2. The Labute approximate surface area is 183 Å². The van der Waals surface area contributed by atoms with Crippen molar-refractivity contribution in [1.29, 1.82) is 0 Å². The molecule has 2 heterocycles. The third-order valence-electron chi connectivity index (χ3n) is 4.57. The summed E-state index contributed by atoms with van der Waals surface area (Å²) in [5.41, 5.74) is 1.42. The number of nitrogens with zero attached hydrogens (tertiary/aromatic N) is 6. The van der Waals surface area contributed by atoms with Crippen molar-refractivity contribution in [1.82, 2.24) is 29.8 Å². The second-order valence-corrected chi connectivity index (χ2v) is 9.15. The van der Waals surface area contributed by atoms with Crippen LogP contribution in [0.25, 0.3) is 16.6 Å². The SMILES string of the molecule is CC(C)Cn1c(SC(C)c2nnnn2-c2ccccc2)nc2ccc(Cl)cc2c1=O. The summed E-state index contributed by atoms with van der Waals surface area (Å²) in [5, 5.41) is 13.8. The van der Waals surface area contributed by atoms with E-state index in [9.17, 15) is 4.79 Å². The number of aromatic nitrogens is 6. The summed E-state index contributed by atoms with van der Waals surface area (Å²) in [7, 11) is 0. The number of hydrogen-bond donors (Lipinski definition) is 0. The van der Waals surface area contributed by atoms with Crippen LogP contribution < -0.4 is 5.56 Å². The van der Waals surface area contributed by atoms with Crippen molar-refractivity contribution in [3.8, 4) is 5.69 Å². The zero-order chi connectivity index (χ0) is 21.3. The zero-order valence-corrected chi connectivity index (χ0v) is 18.4. The largest absolute Gasteiger partial charge is 0.287 e. The molecule has 0 spiro atoms. The quantitative estimate of drug-likeness (QED) is 0.323. The molecule has 0 aliphatic carbocycles. The molecule has 30 heavy (non-hydrogen) atoms. The van der Waals surface area contributed by atoms with Gasteiger partial charge in [-0.25, -0.2) is 4.98 Å². The van der Waals surface area contributed by atoms with E-state index < -0.39 is 0 Å². The van der Waals surface area contributed by atoms with Crippen molar-refractivity contribution in [3.63, 3.8) is 0 Å². The molecule has 7 nitrogen and oxygen atoms in total. The van der Waals surface area contributed by atoms with Gasteiger partial charge in [0, 0.05) is 11.6 Å². The van der Waals surface area contributed by atoms with Gasteiger partial charge >= 0.3 is 0 Å². The summed E-state index contributed by atoms with van der Waals surface area (Å²) >= 11 is 7.58. The molecule has 0 aliphatic rings. The first-order chi connectivity index (χ1) is 14.4. The molecular weight excluding hydrogens is 420 g/mol. The Kier molecular flexibility index (Phi) is 5.87. The normalized spacial score (nSPS) is 12.6. The van der Waals surface area contributed by atoms with Crippen molar-refractivity contribution in [2.45, 2.75) is 37.7 Å². The second-order valence-electron chi connectivity index (χ2n) is 7.41. The highest BCUT2D eigenvalue weighted by molar-refractivity contribution is 7.99. The molecule has 1 unspecified atom stereocenters. The number of hydrogen-bond acceptors (Lipinski definition) is 6. The topological polar surface area (TPSA) is 78.5 Å². The highest BCUT2D eigenvalue weighted by atomic mass is 35.5. The molecule has 0 aliphatic heterocycles. The van der Waals surface area contributed by atoms with Crippen LogP contribution in [0.3, 0.4) is 0 Å². The van der Waals surface area contributed by atoms with Gasteiger partial charge in [-0.3, -0.25) is 9.36 Å². The van der Waals surface area contributed by atoms with Gasteiger partial charge in [0.15, 0.2) is 11.0 Å². The van der Waals surface area contributed by atoms with E-state index in [4.69, 9.17) is 16.6 Å². The highest BCUT2D eigenvalue weighted by Gasteiger charge is 2.21. The van der Waals surface area contributed by atoms with Crippen LogP contribution in [0.4, 0.5) is 0 Å². The molecule has 0 amide bonds. The number of fused-ring (bicyclic) bond motifs is 1. The molecule has 0 radical (unpaired) electrons. The van der Waals surface area contributed by atoms with E-state index in [0.29, 0.717) is 33.5 Å². The molecule has 0 saturated carbocycles. The lowest BCUT2D eigenvalue weighted by atomic mass is 10.2. The van der Waals surface area contributed by atoms with Crippen LogP contribution in [-0.4, -0.2) is 29.8 Å². The summed E-state index contributed by atoms with van der Waals surface area (Å²) in [5.74, 6) is 0.971. The van der Waals surface area contributed by atoms with Crippen molar-refractivity contribution < 1.29 is 0 Å². The average Bonchev–Trinajstić information content (AvgIpc) is 3.22. The fourth-order valence-electron chi connectivity index (χ4n) is 3.20. The van der Waals surface area contributed by atoms with E-state index in [1.165, 1.54) is 11.8 Å². The number of thioether (sulfide) groups is 1. The first-order valence-corrected chi connectivity index (χ1v) is 10.9. The Morgan fingerprint density at radius 2 is 1.87 bits per heavy atom. The molecule has 1 atom stereocenters. The van der Waals surface area contributed by atoms with Gasteiger partial charge in [-0.2, -0.15) is 4.68 Å². The van der Waals surface area contributed by atoms with Crippen LogP contribution in [0, 0.1) is 5.92 Å². The van der Waals surface area contributed by atoms with E-state index in [2.05, 4.69) is 29.4 Å². The van der Waals surface area contributed by atoms with E-state index >= 15 is 0 Å².